The minimum atomic E-state index is 0.484. The standard InChI is InChI=1S/C20H30N6/c1-4-6-7-8-12-15-25(3)20(21-5-2)22-16-19-24-23-17-26(19)18-13-10-9-11-14-18/h4,9-11,13-14,17H,1,5-8,12,15-16H2,2-3H3,(H,21,22). The van der Waals surface area contributed by atoms with E-state index in [2.05, 4.69) is 41.0 Å². The molecule has 140 valence electrons. The van der Waals surface area contributed by atoms with Crippen LogP contribution in [0.2, 0.25) is 0 Å². The van der Waals surface area contributed by atoms with Crippen LogP contribution in [0.4, 0.5) is 0 Å². The summed E-state index contributed by atoms with van der Waals surface area (Å²) in [4.78, 5) is 6.93. The van der Waals surface area contributed by atoms with E-state index in [1.54, 1.807) is 6.33 Å². The van der Waals surface area contributed by atoms with Gasteiger partial charge in [-0.2, -0.15) is 0 Å². The van der Waals surface area contributed by atoms with E-state index in [0.29, 0.717) is 6.54 Å². The van der Waals surface area contributed by atoms with Crippen LogP contribution >= 0.6 is 0 Å². The maximum atomic E-state index is 4.75. The molecule has 2 aromatic rings. The third kappa shape index (κ3) is 6.02. The molecular formula is C20H30N6. The summed E-state index contributed by atoms with van der Waals surface area (Å²) in [6, 6.07) is 10.1. The van der Waals surface area contributed by atoms with Gasteiger partial charge in [0.1, 0.15) is 12.9 Å². The molecule has 0 saturated heterocycles. The van der Waals surface area contributed by atoms with Crippen molar-refractivity contribution in [2.75, 3.05) is 20.1 Å². The van der Waals surface area contributed by atoms with Gasteiger partial charge in [-0.1, -0.05) is 30.7 Å². The minimum absolute atomic E-state index is 0.484. The number of rotatable bonds is 10. The molecule has 0 aliphatic carbocycles. The number of aliphatic imine (C=N–C) groups is 1. The van der Waals surface area contributed by atoms with Gasteiger partial charge in [-0.15, -0.1) is 16.8 Å². The van der Waals surface area contributed by atoms with Crippen LogP contribution in [0.25, 0.3) is 5.69 Å². The van der Waals surface area contributed by atoms with Crippen molar-refractivity contribution in [1.29, 1.82) is 0 Å². The predicted molar refractivity (Wildman–Crippen MR) is 107 cm³/mol. The topological polar surface area (TPSA) is 58.3 Å². The molecule has 1 aromatic heterocycles. The van der Waals surface area contributed by atoms with Crippen LogP contribution in [0, 0.1) is 0 Å². The number of benzene rings is 1. The highest BCUT2D eigenvalue weighted by Crippen LogP contribution is 2.10. The fourth-order valence-corrected chi connectivity index (χ4v) is 2.71. The molecule has 6 nitrogen and oxygen atoms in total. The van der Waals surface area contributed by atoms with E-state index in [-0.39, 0.29) is 0 Å². The molecule has 1 N–H and O–H groups in total. The zero-order valence-corrected chi connectivity index (χ0v) is 15.9. The number of hydrogen-bond acceptors (Lipinski definition) is 3. The van der Waals surface area contributed by atoms with Crippen LogP contribution in [0.5, 0.6) is 0 Å². The Morgan fingerprint density at radius 1 is 1.27 bits per heavy atom. The van der Waals surface area contributed by atoms with Gasteiger partial charge in [0.15, 0.2) is 11.8 Å². The summed E-state index contributed by atoms with van der Waals surface area (Å²) in [6.07, 6.45) is 8.36. The summed E-state index contributed by atoms with van der Waals surface area (Å²) in [5.41, 5.74) is 1.04. The fraction of sp³-hybridized carbons (Fsp3) is 0.450. The first-order valence-electron chi connectivity index (χ1n) is 9.31. The van der Waals surface area contributed by atoms with Crippen molar-refractivity contribution in [3.8, 4) is 5.69 Å². The van der Waals surface area contributed by atoms with Crippen molar-refractivity contribution >= 4 is 5.96 Å². The summed E-state index contributed by atoms with van der Waals surface area (Å²) in [7, 11) is 2.08. The Morgan fingerprint density at radius 3 is 2.81 bits per heavy atom. The van der Waals surface area contributed by atoms with E-state index in [9.17, 15) is 0 Å². The summed E-state index contributed by atoms with van der Waals surface area (Å²) in [6.45, 7) is 8.16. The van der Waals surface area contributed by atoms with Crippen LogP contribution < -0.4 is 5.32 Å². The monoisotopic (exact) mass is 354 g/mol. The van der Waals surface area contributed by atoms with Gasteiger partial charge in [0.05, 0.1) is 0 Å². The Hall–Kier alpha value is -2.63. The molecule has 0 aliphatic heterocycles. The van der Waals surface area contributed by atoms with E-state index in [1.165, 1.54) is 12.8 Å². The van der Waals surface area contributed by atoms with Crippen LogP contribution in [-0.4, -0.2) is 45.8 Å². The van der Waals surface area contributed by atoms with E-state index in [4.69, 9.17) is 4.99 Å². The van der Waals surface area contributed by atoms with E-state index >= 15 is 0 Å². The molecule has 0 spiro atoms. The second-order valence-electron chi connectivity index (χ2n) is 6.18. The highest BCUT2D eigenvalue weighted by Gasteiger charge is 2.09. The lowest BCUT2D eigenvalue weighted by Gasteiger charge is -2.22. The van der Waals surface area contributed by atoms with E-state index in [0.717, 1.165) is 43.4 Å². The molecule has 0 fully saturated rings. The van der Waals surface area contributed by atoms with Crippen molar-refractivity contribution < 1.29 is 0 Å². The van der Waals surface area contributed by atoms with Gasteiger partial charge in [-0.05, 0) is 38.3 Å². The van der Waals surface area contributed by atoms with Gasteiger partial charge in [0, 0.05) is 25.8 Å². The molecule has 6 heteroatoms. The summed E-state index contributed by atoms with van der Waals surface area (Å²) < 4.78 is 1.97. The molecular weight excluding hydrogens is 324 g/mol. The number of para-hydroxylation sites is 1. The SMILES string of the molecule is C=CCCCCCN(C)C(=NCc1nncn1-c1ccccc1)NCC. The molecule has 1 aromatic carbocycles. The van der Waals surface area contributed by atoms with Crippen LogP contribution in [0.1, 0.15) is 38.4 Å². The third-order valence-electron chi connectivity index (χ3n) is 4.12. The smallest absolute Gasteiger partial charge is 0.194 e. The number of allylic oxidation sites excluding steroid dienone is 1. The average molecular weight is 355 g/mol. The van der Waals surface area contributed by atoms with Crippen molar-refractivity contribution in [1.82, 2.24) is 25.0 Å². The molecule has 26 heavy (non-hydrogen) atoms. The third-order valence-corrected chi connectivity index (χ3v) is 4.12. The zero-order valence-electron chi connectivity index (χ0n) is 15.9. The zero-order chi connectivity index (χ0) is 18.6. The maximum Gasteiger partial charge on any atom is 0.194 e. The lowest BCUT2D eigenvalue weighted by Crippen LogP contribution is -2.39. The number of nitrogens with one attached hydrogen (secondary N) is 1. The lowest BCUT2D eigenvalue weighted by atomic mass is 10.2. The Morgan fingerprint density at radius 2 is 2.08 bits per heavy atom. The second kappa shape index (κ2) is 11.1. The minimum Gasteiger partial charge on any atom is -0.357 e. The quantitative estimate of drug-likeness (QED) is 0.307. The molecule has 2 rings (SSSR count). The molecule has 0 aliphatic rings. The number of hydrogen-bond donors (Lipinski definition) is 1. The Kier molecular flexibility index (Phi) is 8.39. The summed E-state index contributed by atoms with van der Waals surface area (Å²) in [5, 5.41) is 11.6. The van der Waals surface area contributed by atoms with Gasteiger partial charge in [-0.3, -0.25) is 4.57 Å². The Balaban J connectivity index is 1.99. The fourth-order valence-electron chi connectivity index (χ4n) is 2.71. The van der Waals surface area contributed by atoms with Crippen molar-refractivity contribution in [2.45, 2.75) is 39.2 Å². The van der Waals surface area contributed by atoms with E-state index in [1.807, 2.05) is 41.0 Å². The van der Waals surface area contributed by atoms with Crippen molar-refractivity contribution in [3.63, 3.8) is 0 Å². The summed E-state index contributed by atoms with van der Waals surface area (Å²) >= 11 is 0. The number of nitrogens with zero attached hydrogens (tertiary/aromatic N) is 5. The second-order valence-corrected chi connectivity index (χ2v) is 6.18. The average Bonchev–Trinajstić information content (AvgIpc) is 3.14. The molecule has 1 heterocycles. The van der Waals surface area contributed by atoms with Gasteiger partial charge in [0.2, 0.25) is 0 Å². The first kappa shape index (κ1) is 19.7. The van der Waals surface area contributed by atoms with Gasteiger partial charge in [-0.25, -0.2) is 4.99 Å². The van der Waals surface area contributed by atoms with Crippen LogP contribution in [0.15, 0.2) is 54.3 Å². The first-order chi connectivity index (χ1) is 12.8. The van der Waals surface area contributed by atoms with Crippen LogP contribution in [0.3, 0.4) is 0 Å². The predicted octanol–water partition coefficient (Wildman–Crippen LogP) is 3.41. The van der Waals surface area contributed by atoms with Crippen molar-refractivity contribution in [3.05, 3.63) is 55.1 Å². The molecule has 0 saturated carbocycles. The van der Waals surface area contributed by atoms with Crippen molar-refractivity contribution in [2.24, 2.45) is 4.99 Å². The molecule has 0 unspecified atom stereocenters. The van der Waals surface area contributed by atoms with E-state index < -0.39 is 0 Å². The number of aromatic nitrogens is 3. The number of guanidine groups is 1. The highest BCUT2D eigenvalue weighted by atomic mass is 15.3. The normalized spacial score (nSPS) is 11.4. The van der Waals surface area contributed by atoms with Gasteiger partial charge in [0.25, 0.3) is 0 Å². The Bertz CT molecular complexity index is 677. The highest BCUT2D eigenvalue weighted by molar-refractivity contribution is 5.79. The molecule has 0 atom stereocenters. The first-order valence-corrected chi connectivity index (χ1v) is 9.31. The maximum absolute atomic E-state index is 4.75. The van der Waals surface area contributed by atoms with Gasteiger partial charge >= 0.3 is 0 Å². The molecule has 0 radical (unpaired) electrons. The summed E-state index contributed by atoms with van der Waals surface area (Å²) in [5.74, 6) is 1.73. The Labute approximate surface area is 156 Å². The van der Waals surface area contributed by atoms with Gasteiger partial charge < -0.3 is 10.2 Å². The van der Waals surface area contributed by atoms with Crippen LogP contribution in [-0.2, 0) is 6.54 Å². The lowest BCUT2D eigenvalue weighted by molar-refractivity contribution is 0.455. The number of unbranched alkanes of at least 4 members (excludes halogenated alkanes) is 3. The molecule has 0 bridgehead atoms. The largest absolute Gasteiger partial charge is 0.357 e. The molecule has 0 amide bonds.